The summed E-state index contributed by atoms with van der Waals surface area (Å²) >= 11 is 0. The van der Waals surface area contributed by atoms with Crippen molar-refractivity contribution in [1.82, 2.24) is 0 Å². The van der Waals surface area contributed by atoms with Crippen LogP contribution < -0.4 is 5.73 Å². The average molecular weight is 1190 g/mol. The van der Waals surface area contributed by atoms with Crippen molar-refractivity contribution in [3.63, 3.8) is 0 Å². The molecule has 10 heteroatoms. The number of esters is 2. The van der Waals surface area contributed by atoms with Crippen molar-refractivity contribution in [2.75, 3.05) is 26.4 Å². The second kappa shape index (κ2) is 69.3. The number of ether oxygens (including phenoxy) is 2. The van der Waals surface area contributed by atoms with E-state index in [0.29, 0.717) is 6.42 Å². The zero-order valence-corrected chi connectivity index (χ0v) is 56.1. The van der Waals surface area contributed by atoms with E-state index in [9.17, 15) is 19.0 Å². The minimum absolute atomic E-state index is 0.0561. The van der Waals surface area contributed by atoms with Gasteiger partial charge >= 0.3 is 19.8 Å². The van der Waals surface area contributed by atoms with Gasteiger partial charge in [-0.3, -0.25) is 18.6 Å². The van der Waals surface area contributed by atoms with Gasteiger partial charge in [0.15, 0.2) is 6.10 Å². The molecule has 2 atom stereocenters. The molecular weight excluding hydrogens is 1050 g/mol. The molecule has 0 aliphatic rings. The van der Waals surface area contributed by atoms with E-state index in [2.05, 4.69) is 50.3 Å². The van der Waals surface area contributed by atoms with Crippen LogP contribution in [0.5, 0.6) is 0 Å². The maximum atomic E-state index is 12.8. The minimum Gasteiger partial charge on any atom is -0.462 e. The summed E-state index contributed by atoms with van der Waals surface area (Å²) in [5, 5.41) is 0. The molecule has 2 unspecified atom stereocenters. The van der Waals surface area contributed by atoms with Gasteiger partial charge in [-0.1, -0.05) is 339 Å². The molecule has 0 bridgehead atoms. The number of carbonyl (C=O) groups is 2. The zero-order chi connectivity index (χ0) is 60.1. The van der Waals surface area contributed by atoms with E-state index in [1.54, 1.807) is 0 Å². The first kappa shape index (κ1) is 81.2. The van der Waals surface area contributed by atoms with E-state index in [0.717, 1.165) is 38.5 Å². The number of allylic oxidation sites excluding steroid dienone is 6. The van der Waals surface area contributed by atoms with Crippen molar-refractivity contribution >= 4 is 19.8 Å². The van der Waals surface area contributed by atoms with Crippen LogP contribution in [-0.2, 0) is 32.7 Å². The first-order valence-electron chi connectivity index (χ1n) is 36.5. The molecule has 0 saturated carbocycles. The highest BCUT2D eigenvalue weighted by molar-refractivity contribution is 7.47. The number of hydrogen-bond donors (Lipinski definition) is 2. The van der Waals surface area contributed by atoms with Crippen LogP contribution in [0.4, 0.5) is 0 Å². The molecule has 0 aliphatic carbocycles. The number of phosphoric ester groups is 1. The van der Waals surface area contributed by atoms with Crippen molar-refractivity contribution < 1.29 is 37.6 Å². The molecule has 0 aromatic carbocycles. The largest absolute Gasteiger partial charge is 0.472 e. The SMILES string of the molecule is CCCCCCC/C=C\C/C=C\CCCCCCCCCCCCCCCCCCCCCC(=O)OC(COC(=O)CCCCCCCCCCCCCCCCCCCCC/C=C\CCCCCCCCCC)COP(=O)(O)OCCN. The molecule has 0 heterocycles. The van der Waals surface area contributed by atoms with Crippen LogP contribution in [0, 0.1) is 0 Å². The Bertz CT molecular complexity index is 1450. The highest BCUT2D eigenvalue weighted by atomic mass is 31.2. The summed E-state index contributed by atoms with van der Waals surface area (Å²) in [7, 11) is -4.39. The lowest BCUT2D eigenvalue weighted by molar-refractivity contribution is -0.161. The Balaban J connectivity index is 3.80. The smallest absolute Gasteiger partial charge is 0.462 e. The lowest BCUT2D eigenvalue weighted by Gasteiger charge is -2.19. The highest BCUT2D eigenvalue weighted by Gasteiger charge is 2.26. The van der Waals surface area contributed by atoms with Gasteiger partial charge in [-0.2, -0.15) is 0 Å². The lowest BCUT2D eigenvalue weighted by Crippen LogP contribution is -2.29. The summed E-state index contributed by atoms with van der Waals surface area (Å²) in [5.41, 5.74) is 5.41. The molecule has 0 amide bonds. The molecular formula is C73H140NO8P. The van der Waals surface area contributed by atoms with Gasteiger partial charge in [0.25, 0.3) is 0 Å². The van der Waals surface area contributed by atoms with Crippen molar-refractivity contribution in [2.45, 2.75) is 392 Å². The number of nitrogens with two attached hydrogens (primary N) is 1. The van der Waals surface area contributed by atoms with Crippen molar-refractivity contribution in [3.05, 3.63) is 36.5 Å². The van der Waals surface area contributed by atoms with Crippen LogP contribution in [0.2, 0.25) is 0 Å². The van der Waals surface area contributed by atoms with Crippen molar-refractivity contribution in [3.8, 4) is 0 Å². The average Bonchev–Trinajstić information content (AvgIpc) is 3.48. The summed E-state index contributed by atoms with van der Waals surface area (Å²) < 4.78 is 33.2. The summed E-state index contributed by atoms with van der Waals surface area (Å²) in [6.45, 7) is 3.81. The molecule has 9 nitrogen and oxygen atoms in total. The van der Waals surface area contributed by atoms with Crippen LogP contribution in [0.25, 0.3) is 0 Å². The predicted molar refractivity (Wildman–Crippen MR) is 358 cm³/mol. The Kier molecular flexibility index (Phi) is 67.9. The normalized spacial score (nSPS) is 13.1. The number of unbranched alkanes of at least 4 members (excludes halogenated alkanes) is 51. The van der Waals surface area contributed by atoms with E-state index in [1.807, 2.05) is 0 Å². The van der Waals surface area contributed by atoms with E-state index >= 15 is 0 Å². The summed E-state index contributed by atoms with van der Waals surface area (Å²) in [6.07, 6.45) is 86.8. The van der Waals surface area contributed by atoms with Gasteiger partial charge in [-0.25, -0.2) is 4.57 Å². The fraction of sp³-hybridized carbons (Fsp3) is 0.890. The first-order chi connectivity index (χ1) is 40.8. The molecule has 0 radical (unpaired) electrons. The van der Waals surface area contributed by atoms with Crippen molar-refractivity contribution in [1.29, 1.82) is 0 Å². The Labute approximate surface area is 515 Å². The molecule has 0 rings (SSSR count). The monoisotopic (exact) mass is 1190 g/mol. The Hall–Kier alpha value is -1.77. The summed E-state index contributed by atoms with van der Waals surface area (Å²) in [6, 6.07) is 0. The van der Waals surface area contributed by atoms with Gasteiger partial charge in [0.05, 0.1) is 13.2 Å². The van der Waals surface area contributed by atoms with E-state index in [4.69, 9.17) is 24.3 Å². The van der Waals surface area contributed by atoms with Gasteiger partial charge < -0.3 is 20.1 Å². The standard InChI is InChI=1S/C73H140NO8P/c1-3-5-7-9-11-13-15-17-19-21-23-25-27-29-31-33-35-37-39-41-43-45-47-49-51-53-55-57-59-61-63-65-72(75)79-69-71(70-81-83(77,78)80-68-67-74)82-73(76)66-64-62-60-58-56-54-52-50-48-46-44-42-40-38-36-34-32-30-28-26-24-22-20-18-16-14-12-10-8-6-4-2/h16,18,21-24,71H,3-15,17,19-20,25-70,74H2,1-2H3,(H,77,78)/b18-16-,23-21-,24-22-. The van der Waals surface area contributed by atoms with E-state index in [-0.39, 0.29) is 38.6 Å². The quantitative estimate of drug-likeness (QED) is 0.0264. The maximum Gasteiger partial charge on any atom is 0.472 e. The van der Waals surface area contributed by atoms with Crippen LogP contribution in [0.15, 0.2) is 36.5 Å². The third-order valence-electron chi connectivity index (χ3n) is 16.5. The van der Waals surface area contributed by atoms with Gasteiger partial charge in [-0.05, 0) is 70.6 Å². The van der Waals surface area contributed by atoms with Crippen LogP contribution in [0.1, 0.15) is 386 Å². The predicted octanol–water partition coefficient (Wildman–Crippen LogP) is 23.9. The molecule has 83 heavy (non-hydrogen) atoms. The highest BCUT2D eigenvalue weighted by Crippen LogP contribution is 2.43. The van der Waals surface area contributed by atoms with Gasteiger partial charge in [0.2, 0.25) is 0 Å². The topological polar surface area (TPSA) is 134 Å². The first-order valence-corrected chi connectivity index (χ1v) is 38.0. The molecule has 3 N–H and O–H groups in total. The molecule has 0 aliphatic heterocycles. The molecule has 490 valence electrons. The summed E-state index contributed by atoms with van der Waals surface area (Å²) in [5.74, 6) is -0.804. The Morgan fingerprint density at radius 3 is 0.928 bits per heavy atom. The fourth-order valence-electron chi connectivity index (χ4n) is 11.1. The third kappa shape index (κ3) is 69.2. The fourth-order valence-corrected chi connectivity index (χ4v) is 11.8. The molecule has 0 aromatic rings. The van der Waals surface area contributed by atoms with Gasteiger partial charge in [-0.15, -0.1) is 0 Å². The molecule has 0 spiro atoms. The molecule has 0 saturated heterocycles. The van der Waals surface area contributed by atoms with E-state index < -0.39 is 26.5 Å². The van der Waals surface area contributed by atoms with E-state index in [1.165, 1.54) is 315 Å². The zero-order valence-electron chi connectivity index (χ0n) is 55.2. The van der Waals surface area contributed by atoms with Crippen LogP contribution in [-0.4, -0.2) is 49.3 Å². The Morgan fingerprint density at radius 2 is 0.627 bits per heavy atom. The third-order valence-corrected chi connectivity index (χ3v) is 17.5. The number of rotatable bonds is 70. The van der Waals surface area contributed by atoms with Gasteiger partial charge in [0.1, 0.15) is 6.61 Å². The minimum atomic E-state index is -4.39. The second-order valence-electron chi connectivity index (χ2n) is 24.8. The van der Waals surface area contributed by atoms with Crippen LogP contribution in [0.3, 0.4) is 0 Å². The molecule has 0 fully saturated rings. The van der Waals surface area contributed by atoms with Crippen LogP contribution >= 0.6 is 7.82 Å². The lowest BCUT2D eigenvalue weighted by atomic mass is 10.0. The summed E-state index contributed by atoms with van der Waals surface area (Å²) in [4.78, 5) is 35.4. The number of phosphoric acid groups is 1. The van der Waals surface area contributed by atoms with Gasteiger partial charge in [0, 0.05) is 19.4 Å². The van der Waals surface area contributed by atoms with Crippen molar-refractivity contribution in [2.24, 2.45) is 5.73 Å². The Morgan fingerprint density at radius 1 is 0.361 bits per heavy atom. The second-order valence-corrected chi connectivity index (χ2v) is 26.3. The molecule has 0 aromatic heterocycles. The number of hydrogen-bond acceptors (Lipinski definition) is 8. The number of carbonyl (C=O) groups excluding carboxylic acids is 2. The maximum absolute atomic E-state index is 12.8.